The van der Waals surface area contributed by atoms with Gasteiger partial charge >= 0.3 is 0 Å². The monoisotopic (exact) mass is 300 g/mol. The Morgan fingerprint density at radius 1 is 1.24 bits per heavy atom. The van der Waals surface area contributed by atoms with Gasteiger partial charge in [-0.2, -0.15) is 0 Å². The highest BCUT2D eigenvalue weighted by atomic mass is 32.1. The molecule has 0 atom stereocenters. The minimum absolute atomic E-state index is 0.512. The van der Waals surface area contributed by atoms with Gasteiger partial charge in [0.2, 0.25) is 0 Å². The Hall–Kier alpha value is -2.41. The Bertz CT molecular complexity index is 795. The average Bonchev–Trinajstić information content (AvgIpc) is 2.85. The molecule has 0 fully saturated rings. The van der Waals surface area contributed by atoms with Gasteiger partial charge in [0.25, 0.3) is 0 Å². The SMILES string of the molecule is Cc1cccc2sc(Nc3ncnc(N(C)C)c3N)nc12. The second-order valence-corrected chi connectivity index (χ2v) is 5.95. The van der Waals surface area contributed by atoms with Crippen molar-refractivity contribution in [2.75, 3.05) is 30.0 Å². The van der Waals surface area contributed by atoms with Crippen molar-refractivity contribution in [2.24, 2.45) is 0 Å². The third-order valence-corrected chi connectivity index (χ3v) is 4.07. The van der Waals surface area contributed by atoms with Crippen molar-refractivity contribution in [3.63, 3.8) is 0 Å². The van der Waals surface area contributed by atoms with Crippen LogP contribution in [-0.2, 0) is 0 Å². The molecule has 0 spiro atoms. The standard InChI is InChI=1S/C14H16N6S/c1-8-5-4-6-9-11(8)18-14(21-9)19-12-10(15)13(20(2)3)17-7-16-12/h4-7H,15H2,1-3H3,(H,16,17,18,19). The maximum Gasteiger partial charge on any atom is 0.189 e. The zero-order valence-electron chi connectivity index (χ0n) is 12.1. The molecule has 3 aromatic rings. The van der Waals surface area contributed by atoms with Crippen LogP contribution in [0.4, 0.5) is 22.5 Å². The minimum atomic E-state index is 0.512. The second kappa shape index (κ2) is 5.17. The summed E-state index contributed by atoms with van der Waals surface area (Å²) in [5, 5.41) is 3.96. The van der Waals surface area contributed by atoms with Crippen LogP contribution in [-0.4, -0.2) is 29.0 Å². The maximum absolute atomic E-state index is 6.10. The molecular formula is C14H16N6S. The first-order valence-corrected chi connectivity index (χ1v) is 7.29. The smallest absolute Gasteiger partial charge is 0.189 e. The Kier molecular flexibility index (Phi) is 3.34. The van der Waals surface area contributed by atoms with Crippen molar-refractivity contribution < 1.29 is 0 Å². The van der Waals surface area contributed by atoms with E-state index in [0.717, 1.165) is 20.9 Å². The number of para-hydroxylation sites is 1. The summed E-state index contributed by atoms with van der Waals surface area (Å²) in [7, 11) is 3.78. The van der Waals surface area contributed by atoms with Gasteiger partial charge in [-0.3, -0.25) is 0 Å². The number of anilines is 4. The molecule has 3 N–H and O–H groups in total. The highest BCUT2D eigenvalue weighted by Crippen LogP contribution is 2.32. The Morgan fingerprint density at radius 3 is 2.76 bits per heavy atom. The summed E-state index contributed by atoms with van der Waals surface area (Å²) in [6.07, 6.45) is 1.49. The molecule has 0 amide bonds. The van der Waals surface area contributed by atoms with Gasteiger partial charge < -0.3 is 16.0 Å². The number of hydrogen-bond acceptors (Lipinski definition) is 7. The van der Waals surface area contributed by atoms with Crippen LogP contribution in [0, 0.1) is 6.92 Å². The Morgan fingerprint density at radius 2 is 2.05 bits per heavy atom. The maximum atomic E-state index is 6.10. The van der Waals surface area contributed by atoms with Gasteiger partial charge in [0, 0.05) is 14.1 Å². The zero-order chi connectivity index (χ0) is 15.0. The lowest BCUT2D eigenvalue weighted by atomic mass is 10.2. The number of benzene rings is 1. The number of nitrogens with zero attached hydrogens (tertiary/aromatic N) is 4. The largest absolute Gasteiger partial charge is 0.393 e. The Labute approximate surface area is 126 Å². The number of fused-ring (bicyclic) bond motifs is 1. The first kappa shape index (κ1) is 13.6. The fourth-order valence-corrected chi connectivity index (χ4v) is 3.03. The van der Waals surface area contributed by atoms with E-state index in [4.69, 9.17) is 5.73 Å². The van der Waals surface area contributed by atoms with Crippen LogP contribution in [0.2, 0.25) is 0 Å². The van der Waals surface area contributed by atoms with Gasteiger partial charge in [0.05, 0.1) is 10.2 Å². The molecule has 0 aliphatic rings. The summed E-state index contributed by atoms with van der Waals surface area (Å²) in [5.41, 5.74) is 8.78. The number of hydrogen-bond donors (Lipinski definition) is 2. The predicted molar refractivity (Wildman–Crippen MR) is 88.4 cm³/mol. The molecule has 21 heavy (non-hydrogen) atoms. The van der Waals surface area contributed by atoms with Gasteiger partial charge in [-0.15, -0.1) is 0 Å². The number of aryl methyl sites for hydroxylation is 1. The van der Waals surface area contributed by atoms with Gasteiger partial charge in [-0.25, -0.2) is 15.0 Å². The molecule has 0 bridgehead atoms. The summed E-state index contributed by atoms with van der Waals surface area (Å²) in [5.74, 6) is 1.26. The fourth-order valence-electron chi connectivity index (χ4n) is 2.08. The molecule has 2 aromatic heterocycles. The molecule has 0 aliphatic heterocycles. The fraction of sp³-hybridized carbons (Fsp3) is 0.214. The van der Waals surface area contributed by atoms with E-state index in [1.54, 1.807) is 11.3 Å². The first-order chi connectivity index (χ1) is 10.1. The van der Waals surface area contributed by atoms with Crippen molar-refractivity contribution in [3.8, 4) is 0 Å². The van der Waals surface area contributed by atoms with E-state index in [1.807, 2.05) is 25.1 Å². The predicted octanol–water partition coefficient (Wildman–Crippen LogP) is 2.79. The number of nitrogens with two attached hydrogens (primary N) is 1. The van der Waals surface area contributed by atoms with Crippen molar-refractivity contribution in [1.82, 2.24) is 15.0 Å². The van der Waals surface area contributed by atoms with Crippen LogP contribution >= 0.6 is 11.3 Å². The van der Waals surface area contributed by atoms with Crippen molar-refractivity contribution in [3.05, 3.63) is 30.1 Å². The molecule has 3 rings (SSSR count). The van der Waals surface area contributed by atoms with E-state index in [1.165, 1.54) is 6.33 Å². The van der Waals surface area contributed by atoms with E-state index >= 15 is 0 Å². The zero-order valence-corrected chi connectivity index (χ0v) is 12.9. The number of nitrogens with one attached hydrogen (secondary N) is 1. The van der Waals surface area contributed by atoms with Gasteiger partial charge in [-0.05, 0) is 18.6 Å². The van der Waals surface area contributed by atoms with Crippen LogP contribution in [0.1, 0.15) is 5.56 Å². The van der Waals surface area contributed by atoms with Gasteiger partial charge in [-0.1, -0.05) is 23.5 Å². The summed E-state index contributed by atoms with van der Waals surface area (Å²) in [6.45, 7) is 2.05. The summed E-state index contributed by atoms with van der Waals surface area (Å²) in [4.78, 5) is 14.8. The van der Waals surface area contributed by atoms with Gasteiger partial charge in [0.1, 0.15) is 12.0 Å². The lowest BCUT2D eigenvalue weighted by Crippen LogP contribution is -2.14. The van der Waals surface area contributed by atoms with Crippen molar-refractivity contribution in [2.45, 2.75) is 6.92 Å². The van der Waals surface area contributed by atoms with Crippen molar-refractivity contribution in [1.29, 1.82) is 0 Å². The molecule has 0 saturated carbocycles. The topological polar surface area (TPSA) is 80.0 Å². The number of nitrogen functional groups attached to an aromatic ring is 1. The third-order valence-electron chi connectivity index (χ3n) is 3.13. The number of thiazole rings is 1. The molecule has 7 heteroatoms. The molecule has 2 heterocycles. The summed E-state index contributed by atoms with van der Waals surface area (Å²) >= 11 is 1.58. The van der Waals surface area contributed by atoms with Crippen LogP contribution in [0.5, 0.6) is 0 Å². The molecule has 1 aromatic carbocycles. The van der Waals surface area contributed by atoms with Crippen LogP contribution in [0.25, 0.3) is 10.2 Å². The van der Waals surface area contributed by atoms with E-state index in [2.05, 4.69) is 39.3 Å². The number of rotatable bonds is 3. The lowest BCUT2D eigenvalue weighted by Gasteiger charge is -2.15. The molecule has 0 unspecified atom stereocenters. The van der Waals surface area contributed by atoms with Crippen LogP contribution < -0.4 is 16.0 Å². The van der Waals surface area contributed by atoms with E-state index in [-0.39, 0.29) is 0 Å². The lowest BCUT2D eigenvalue weighted by molar-refractivity contribution is 1.04. The first-order valence-electron chi connectivity index (χ1n) is 6.47. The highest BCUT2D eigenvalue weighted by molar-refractivity contribution is 7.22. The normalized spacial score (nSPS) is 10.8. The van der Waals surface area contributed by atoms with E-state index < -0.39 is 0 Å². The third kappa shape index (κ3) is 2.47. The molecule has 0 radical (unpaired) electrons. The van der Waals surface area contributed by atoms with Gasteiger partial charge in [0.15, 0.2) is 16.8 Å². The average molecular weight is 300 g/mol. The van der Waals surface area contributed by atoms with E-state index in [9.17, 15) is 0 Å². The molecular weight excluding hydrogens is 284 g/mol. The summed E-state index contributed by atoms with van der Waals surface area (Å²) < 4.78 is 1.14. The highest BCUT2D eigenvalue weighted by Gasteiger charge is 2.12. The molecule has 108 valence electrons. The van der Waals surface area contributed by atoms with Crippen LogP contribution in [0.3, 0.4) is 0 Å². The molecule has 0 aliphatic carbocycles. The second-order valence-electron chi connectivity index (χ2n) is 4.92. The van der Waals surface area contributed by atoms with Crippen LogP contribution in [0.15, 0.2) is 24.5 Å². The number of aromatic nitrogens is 3. The van der Waals surface area contributed by atoms with Crippen molar-refractivity contribution >= 4 is 44.0 Å². The molecule has 6 nitrogen and oxygen atoms in total. The van der Waals surface area contributed by atoms with E-state index in [0.29, 0.717) is 17.3 Å². The Balaban J connectivity index is 1.99. The quantitative estimate of drug-likeness (QED) is 0.774. The molecule has 0 saturated heterocycles. The summed E-state index contributed by atoms with van der Waals surface area (Å²) in [6, 6.07) is 6.14. The minimum Gasteiger partial charge on any atom is -0.393 e.